The molecule has 4 nitrogen and oxygen atoms in total. The molecule has 2 fully saturated rings. The monoisotopic (exact) mass is 235 g/mol. The second-order valence-corrected chi connectivity index (χ2v) is 5.95. The molecule has 1 aliphatic carbocycles. The van der Waals surface area contributed by atoms with Crippen LogP contribution in [-0.2, 0) is 4.79 Å². The minimum Gasteiger partial charge on any atom is -0.353 e. The number of amides is 1. The maximum absolute atomic E-state index is 12.1. The molecule has 3 atom stereocenters. The van der Waals surface area contributed by atoms with Crippen LogP contribution < -0.4 is 10.6 Å². The zero-order chi connectivity index (χ0) is 12.5. The molecule has 2 aliphatic rings. The van der Waals surface area contributed by atoms with Crippen molar-refractivity contribution < 1.29 is 4.79 Å². The zero-order valence-electron chi connectivity index (χ0n) is 10.6. The van der Waals surface area contributed by atoms with E-state index in [1.54, 1.807) is 0 Å². The summed E-state index contributed by atoms with van der Waals surface area (Å²) in [5, 5.41) is 15.1. The molecule has 1 aliphatic heterocycles. The Labute approximate surface area is 103 Å². The molecule has 3 unspecified atom stereocenters. The van der Waals surface area contributed by atoms with Crippen LogP contribution in [0.3, 0.4) is 0 Å². The van der Waals surface area contributed by atoms with E-state index in [9.17, 15) is 4.79 Å². The van der Waals surface area contributed by atoms with Crippen LogP contribution in [-0.4, -0.2) is 25.0 Å². The summed E-state index contributed by atoms with van der Waals surface area (Å²) in [5.41, 5.74) is -0.483. The van der Waals surface area contributed by atoms with Crippen molar-refractivity contribution in [2.45, 2.75) is 39.2 Å². The van der Waals surface area contributed by atoms with Crippen LogP contribution >= 0.6 is 0 Å². The first-order valence-electron chi connectivity index (χ1n) is 6.46. The second kappa shape index (κ2) is 4.66. The Hall–Kier alpha value is -1.08. The van der Waals surface area contributed by atoms with Gasteiger partial charge < -0.3 is 10.6 Å². The van der Waals surface area contributed by atoms with E-state index in [0.29, 0.717) is 18.4 Å². The summed E-state index contributed by atoms with van der Waals surface area (Å²) < 4.78 is 0. The van der Waals surface area contributed by atoms with E-state index in [0.717, 1.165) is 13.0 Å². The van der Waals surface area contributed by atoms with Gasteiger partial charge in [0, 0.05) is 6.54 Å². The molecule has 94 valence electrons. The highest BCUT2D eigenvalue weighted by Crippen LogP contribution is 2.37. The predicted octanol–water partition coefficient (Wildman–Crippen LogP) is 1.04. The minimum atomic E-state index is -0.483. The third-order valence-corrected chi connectivity index (χ3v) is 4.04. The second-order valence-electron chi connectivity index (χ2n) is 5.95. The SMILES string of the molecule is CC(C)(C#N)CNC(=O)C1NCC2CCCC21. The fraction of sp³-hybridized carbons (Fsp3) is 0.846. The molecule has 0 bridgehead atoms. The van der Waals surface area contributed by atoms with Gasteiger partial charge in [-0.25, -0.2) is 0 Å². The van der Waals surface area contributed by atoms with Gasteiger partial charge in [0.1, 0.15) is 0 Å². The van der Waals surface area contributed by atoms with Crippen LogP contribution in [0.5, 0.6) is 0 Å². The first-order valence-corrected chi connectivity index (χ1v) is 6.46. The van der Waals surface area contributed by atoms with Crippen LogP contribution in [0, 0.1) is 28.6 Å². The van der Waals surface area contributed by atoms with E-state index in [1.807, 2.05) is 13.8 Å². The number of fused-ring (bicyclic) bond motifs is 1. The van der Waals surface area contributed by atoms with Crippen LogP contribution in [0.4, 0.5) is 0 Å². The van der Waals surface area contributed by atoms with E-state index in [2.05, 4.69) is 16.7 Å². The molecule has 2 N–H and O–H groups in total. The van der Waals surface area contributed by atoms with Gasteiger partial charge in [-0.1, -0.05) is 6.42 Å². The van der Waals surface area contributed by atoms with Crippen molar-refractivity contribution in [3.8, 4) is 6.07 Å². The zero-order valence-corrected chi connectivity index (χ0v) is 10.6. The lowest BCUT2D eigenvalue weighted by Crippen LogP contribution is -2.46. The van der Waals surface area contributed by atoms with E-state index < -0.39 is 5.41 Å². The number of nitrogens with one attached hydrogen (secondary N) is 2. The first-order chi connectivity index (χ1) is 8.03. The van der Waals surface area contributed by atoms with Gasteiger partial charge in [-0.05, 0) is 45.1 Å². The van der Waals surface area contributed by atoms with Crippen molar-refractivity contribution in [3.63, 3.8) is 0 Å². The summed E-state index contributed by atoms with van der Waals surface area (Å²) in [7, 11) is 0. The van der Waals surface area contributed by atoms with Gasteiger partial charge in [-0.2, -0.15) is 5.26 Å². The van der Waals surface area contributed by atoms with Crippen molar-refractivity contribution in [3.05, 3.63) is 0 Å². The molecule has 0 radical (unpaired) electrons. The number of carbonyl (C=O) groups is 1. The molecule has 17 heavy (non-hydrogen) atoms. The minimum absolute atomic E-state index is 0.0306. The topological polar surface area (TPSA) is 64.9 Å². The lowest BCUT2D eigenvalue weighted by molar-refractivity contribution is -0.124. The summed E-state index contributed by atoms with van der Waals surface area (Å²) >= 11 is 0. The third kappa shape index (κ3) is 2.61. The van der Waals surface area contributed by atoms with E-state index in [-0.39, 0.29) is 11.9 Å². The Morgan fingerprint density at radius 1 is 1.53 bits per heavy atom. The molecule has 2 rings (SSSR count). The molecular formula is C13H21N3O. The predicted molar refractivity (Wildman–Crippen MR) is 65.0 cm³/mol. The molecule has 0 aromatic carbocycles. The van der Waals surface area contributed by atoms with Crippen molar-refractivity contribution in [1.82, 2.24) is 10.6 Å². The van der Waals surface area contributed by atoms with Gasteiger partial charge in [0.25, 0.3) is 0 Å². The maximum Gasteiger partial charge on any atom is 0.237 e. The summed E-state index contributed by atoms with van der Waals surface area (Å²) in [4.78, 5) is 12.1. The molecule has 1 saturated heterocycles. The maximum atomic E-state index is 12.1. The fourth-order valence-electron chi connectivity index (χ4n) is 2.93. The summed E-state index contributed by atoms with van der Waals surface area (Å²) in [6.45, 7) is 5.09. The Morgan fingerprint density at radius 3 is 3.00 bits per heavy atom. The Kier molecular flexibility index (Phi) is 3.39. The van der Waals surface area contributed by atoms with Crippen LogP contribution in [0.1, 0.15) is 33.1 Å². The molecular weight excluding hydrogens is 214 g/mol. The van der Waals surface area contributed by atoms with Crippen molar-refractivity contribution in [2.24, 2.45) is 17.3 Å². The van der Waals surface area contributed by atoms with Crippen molar-refractivity contribution in [2.75, 3.05) is 13.1 Å². The lowest BCUT2D eigenvalue weighted by atomic mass is 9.92. The Balaban J connectivity index is 1.87. The highest BCUT2D eigenvalue weighted by atomic mass is 16.2. The largest absolute Gasteiger partial charge is 0.353 e. The first kappa shape index (κ1) is 12.4. The van der Waals surface area contributed by atoms with E-state index in [4.69, 9.17) is 5.26 Å². The number of rotatable bonds is 3. The van der Waals surface area contributed by atoms with Gasteiger partial charge in [-0.15, -0.1) is 0 Å². The van der Waals surface area contributed by atoms with Crippen LogP contribution in [0.2, 0.25) is 0 Å². The summed E-state index contributed by atoms with van der Waals surface area (Å²) in [6, 6.07) is 2.17. The number of nitrogens with zero attached hydrogens (tertiary/aromatic N) is 1. The summed E-state index contributed by atoms with van der Waals surface area (Å²) in [6.07, 6.45) is 3.67. The lowest BCUT2D eigenvalue weighted by Gasteiger charge is -2.21. The summed E-state index contributed by atoms with van der Waals surface area (Å²) in [5.74, 6) is 1.28. The third-order valence-electron chi connectivity index (χ3n) is 4.04. The van der Waals surface area contributed by atoms with Gasteiger partial charge in [0.2, 0.25) is 5.91 Å². The smallest absolute Gasteiger partial charge is 0.237 e. The average molecular weight is 235 g/mol. The molecule has 0 aromatic heterocycles. The van der Waals surface area contributed by atoms with Crippen molar-refractivity contribution >= 4 is 5.91 Å². The average Bonchev–Trinajstić information content (AvgIpc) is 2.87. The fourth-order valence-corrected chi connectivity index (χ4v) is 2.93. The molecule has 4 heteroatoms. The highest BCUT2D eigenvalue weighted by molar-refractivity contribution is 5.82. The number of hydrogen-bond acceptors (Lipinski definition) is 3. The number of nitriles is 1. The number of carbonyl (C=O) groups excluding carboxylic acids is 1. The number of hydrogen-bond donors (Lipinski definition) is 2. The highest BCUT2D eigenvalue weighted by Gasteiger charge is 2.42. The molecule has 0 aromatic rings. The molecule has 0 spiro atoms. The van der Waals surface area contributed by atoms with E-state index in [1.165, 1.54) is 12.8 Å². The molecule has 1 heterocycles. The van der Waals surface area contributed by atoms with Crippen LogP contribution in [0.15, 0.2) is 0 Å². The Bertz CT molecular complexity index is 345. The molecule has 1 saturated carbocycles. The van der Waals surface area contributed by atoms with Gasteiger partial charge in [0.15, 0.2) is 0 Å². The standard InChI is InChI=1S/C13H21N3O/c1-13(2,7-14)8-16-12(17)11-10-5-3-4-9(10)6-15-11/h9-11,15H,3-6,8H2,1-2H3,(H,16,17). The quantitative estimate of drug-likeness (QED) is 0.768. The molecule has 1 amide bonds. The van der Waals surface area contributed by atoms with Crippen molar-refractivity contribution in [1.29, 1.82) is 5.26 Å². The van der Waals surface area contributed by atoms with E-state index >= 15 is 0 Å². The van der Waals surface area contributed by atoms with Gasteiger partial charge in [0.05, 0.1) is 17.5 Å². The Morgan fingerprint density at radius 2 is 2.29 bits per heavy atom. The van der Waals surface area contributed by atoms with Gasteiger partial charge in [-0.3, -0.25) is 4.79 Å². The normalized spacial score (nSPS) is 31.9. The van der Waals surface area contributed by atoms with Gasteiger partial charge >= 0.3 is 0 Å². The van der Waals surface area contributed by atoms with Crippen LogP contribution in [0.25, 0.3) is 0 Å².